The lowest BCUT2D eigenvalue weighted by Gasteiger charge is -2.19. The highest BCUT2D eigenvalue weighted by Crippen LogP contribution is 2.28. The fourth-order valence-electron chi connectivity index (χ4n) is 2.95. The topological polar surface area (TPSA) is 35.2 Å². The van der Waals surface area contributed by atoms with Crippen LogP contribution in [0.25, 0.3) is 0 Å². The van der Waals surface area contributed by atoms with Crippen LogP contribution >= 0.6 is 0 Å². The van der Waals surface area contributed by atoms with Crippen LogP contribution < -0.4 is 10.5 Å². The van der Waals surface area contributed by atoms with Crippen molar-refractivity contribution in [2.45, 2.75) is 52.0 Å². The maximum Gasteiger partial charge on any atom is 0.125 e. The van der Waals surface area contributed by atoms with E-state index < -0.39 is 0 Å². The number of benzene rings is 1. The predicted octanol–water partition coefficient (Wildman–Crippen LogP) is 3.59. The molecule has 1 aromatic rings. The van der Waals surface area contributed by atoms with Crippen molar-refractivity contribution in [2.75, 3.05) is 6.61 Å². The average Bonchev–Trinajstić information content (AvgIpc) is 2.86. The highest BCUT2D eigenvalue weighted by atomic mass is 16.5. The number of para-hydroxylation sites is 1. The second-order valence-corrected chi connectivity index (χ2v) is 5.57. The molecule has 2 N–H and O–H groups in total. The van der Waals surface area contributed by atoms with Crippen LogP contribution in [0.3, 0.4) is 0 Å². The number of hydrogen-bond donors (Lipinski definition) is 1. The first-order chi connectivity index (χ1) is 8.68. The summed E-state index contributed by atoms with van der Waals surface area (Å²) in [5.74, 6) is 1.77. The van der Waals surface area contributed by atoms with E-state index in [1.54, 1.807) is 0 Å². The van der Waals surface area contributed by atoms with Crippen molar-refractivity contribution < 1.29 is 4.74 Å². The van der Waals surface area contributed by atoms with Crippen LogP contribution in [-0.2, 0) is 0 Å². The molecule has 0 saturated heterocycles. The minimum Gasteiger partial charge on any atom is -0.493 e. The van der Waals surface area contributed by atoms with Gasteiger partial charge in [-0.05, 0) is 50.2 Å². The van der Waals surface area contributed by atoms with Crippen LogP contribution in [0, 0.1) is 19.8 Å². The van der Waals surface area contributed by atoms with Gasteiger partial charge in [-0.1, -0.05) is 31.0 Å². The van der Waals surface area contributed by atoms with Crippen molar-refractivity contribution in [1.82, 2.24) is 0 Å². The molecule has 1 unspecified atom stereocenters. The smallest absolute Gasteiger partial charge is 0.125 e. The largest absolute Gasteiger partial charge is 0.493 e. The molecule has 0 bridgehead atoms. The van der Waals surface area contributed by atoms with E-state index in [1.165, 1.54) is 36.8 Å². The van der Waals surface area contributed by atoms with Crippen LogP contribution in [0.4, 0.5) is 0 Å². The normalized spacial score (nSPS) is 17.9. The zero-order chi connectivity index (χ0) is 13.0. The second-order valence-electron chi connectivity index (χ2n) is 5.57. The lowest BCUT2D eigenvalue weighted by Crippen LogP contribution is -2.30. The van der Waals surface area contributed by atoms with Gasteiger partial charge in [-0.3, -0.25) is 0 Å². The average molecular weight is 247 g/mol. The van der Waals surface area contributed by atoms with Gasteiger partial charge in [0.05, 0.1) is 6.61 Å². The molecule has 0 amide bonds. The van der Waals surface area contributed by atoms with Crippen molar-refractivity contribution in [3.05, 3.63) is 29.3 Å². The first kappa shape index (κ1) is 13.4. The van der Waals surface area contributed by atoms with Crippen molar-refractivity contribution in [2.24, 2.45) is 11.7 Å². The molecule has 1 aliphatic carbocycles. The molecule has 0 aromatic heterocycles. The third kappa shape index (κ3) is 3.26. The molecule has 18 heavy (non-hydrogen) atoms. The SMILES string of the molecule is Cc1cccc(C)c1OCCC(N)C1CCCC1. The van der Waals surface area contributed by atoms with Crippen molar-refractivity contribution in [3.63, 3.8) is 0 Å². The molecule has 1 aromatic carbocycles. The highest BCUT2D eigenvalue weighted by molar-refractivity contribution is 5.39. The molecule has 0 heterocycles. The Kier molecular flexibility index (Phi) is 4.65. The fourth-order valence-corrected chi connectivity index (χ4v) is 2.95. The molecule has 1 atom stereocenters. The van der Waals surface area contributed by atoms with Gasteiger partial charge in [0.15, 0.2) is 0 Å². The monoisotopic (exact) mass is 247 g/mol. The first-order valence-electron chi connectivity index (χ1n) is 7.13. The standard InChI is InChI=1S/C16H25NO/c1-12-6-5-7-13(2)16(12)18-11-10-15(17)14-8-3-4-9-14/h5-7,14-15H,3-4,8-11,17H2,1-2H3. The van der Waals surface area contributed by atoms with E-state index in [4.69, 9.17) is 10.5 Å². The summed E-state index contributed by atoms with van der Waals surface area (Å²) in [6.45, 7) is 4.93. The summed E-state index contributed by atoms with van der Waals surface area (Å²) in [7, 11) is 0. The Labute approximate surface area is 111 Å². The molecule has 1 fully saturated rings. The van der Waals surface area contributed by atoms with Gasteiger partial charge in [0.2, 0.25) is 0 Å². The molecule has 0 radical (unpaired) electrons. The summed E-state index contributed by atoms with van der Waals surface area (Å²) in [6.07, 6.45) is 6.31. The van der Waals surface area contributed by atoms with Crippen LogP contribution in [0.1, 0.15) is 43.2 Å². The third-order valence-corrected chi connectivity index (χ3v) is 4.11. The summed E-state index contributed by atoms with van der Waals surface area (Å²) in [6, 6.07) is 6.58. The first-order valence-corrected chi connectivity index (χ1v) is 7.13. The van der Waals surface area contributed by atoms with Crippen LogP contribution in [0.15, 0.2) is 18.2 Å². The zero-order valence-corrected chi connectivity index (χ0v) is 11.6. The number of hydrogen-bond acceptors (Lipinski definition) is 2. The molecule has 2 rings (SSSR count). The van der Waals surface area contributed by atoms with Gasteiger partial charge in [-0.25, -0.2) is 0 Å². The number of nitrogens with two attached hydrogens (primary N) is 1. The second kappa shape index (κ2) is 6.24. The Morgan fingerprint density at radius 2 is 1.83 bits per heavy atom. The van der Waals surface area contributed by atoms with E-state index in [-0.39, 0.29) is 0 Å². The van der Waals surface area contributed by atoms with Crippen LogP contribution in [-0.4, -0.2) is 12.6 Å². The lowest BCUT2D eigenvalue weighted by molar-refractivity contribution is 0.271. The van der Waals surface area contributed by atoms with Gasteiger partial charge in [0.25, 0.3) is 0 Å². The summed E-state index contributed by atoms with van der Waals surface area (Å²) >= 11 is 0. The van der Waals surface area contributed by atoms with Gasteiger partial charge >= 0.3 is 0 Å². The highest BCUT2D eigenvalue weighted by Gasteiger charge is 2.21. The molecule has 0 aliphatic heterocycles. The lowest BCUT2D eigenvalue weighted by atomic mass is 9.97. The fraction of sp³-hybridized carbons (Fsp3) is 0.625. The van der Waals surface area contributed by atoms with Crippen LogP contribution in [0.2, 0.25) is 0 Å². The van der Waals surface area contributed by atoms with E-state index in [0.717, 1.165) is 24.7 Å². The summed E-state index contributed by atoms with van der Waals surface area (Å²) in [4.78, 5) is 0. The molecular weight excluding hydrogens is 222 g/mol. The number of ether oxygens (including phenoxy) is 1. The maximum atomic E-state index is 6.24. The minimum atomic E-state index is 0.317. The quantitative estimate of drug-likeness (QED) is 0.863. The van der Waals surface area contributed by atoms with E-state index >= 15 is 0 Å². The molecule has 100 valence electrons. The number of aryl methyl sites for hydroxylation is 2. The van der Waals surface area contributed by atoms with Crippen molar-refractivity contribution in [1.29, 1.82) is 0 Å². The van der Waals surface area contributed by atoms with Crippen molar-refractivity contribution >= 4 is 0 Å². The Bertz CT molecular complexity index is 362. The van der Waals surface area contributed by atoms with E-state index in [9.17, 15) is 0 Å². The molecule has 2 heteroatoms. The molecular formula is C16H25NO. The van der Waals surface area contributed by atoms with E-state index in [1.807, 2.05) is 0 Å². The summed E-state index contributed by atoms with van der Waals surface area (Å²) in [5, 5.41) is 0. The summed E-state index contributed by atoms with van der Waals surface area (Å²) in [5.41, 5.74) is 8.66. The van der Waals surface area contributed by atoms with Gasteiger partial charge < -0.3 is 10.5 Å². The molecule has 1 saturated carbocycles. The Morgan fingerprint density at radius 1 is 1.22 bits per heavy atom. The summed E-state index contributed by atoms with van der Waals surface area (Å²) < 4.78 is 5.92. The maximum absolute atomic E-state index is 6.24. The van der Waals surface area contributed by atoms with Gasteiger partial charge in [0, 0.05) is 6.04 Å². The van der Waals surface area contributed by atoms with Gasteiger partial charge in [-0.15, -0.1) is 0 Å². The third-order valence-electron chi connectivity index (χ3n) is 4.11. The Morgan fingerprint density at radius 3 is 2.44 bits per heavy atom. The molecule has 2 nitrogen and oxygen atoms in total. The van der Waals surface area contributed by atoms with E-state index in [2.05, 4.69) is 32.0 Å². The Hall–Kier alpha value is -1.02. The van der Waals surface area contributed by atoms with Crippen molar-refractivity contribution in [3.8, 4) is 5.75 Å². The molecule has 1 aliphatic rings. The molecule has 0 spiro atoms. The minimum absolute atomic E-state index is 0.317. The van der Waals surface area contributed by atoms with Gasteiger partial charge in [0.1, 0.15) is 5.75 Å². The van der Waals surface area contributed by atoms with E-state index in [0.29, 0.717) is 6.04 Å². The number of rotatable bonds is 5. The van der Waals surface area contributed by atoms with Crippen LogP contribution in [0.5, 0.6) is 5.75 Å². The Balaban J connectivity index is 1.81. The predicted molar refractivity (Wildman–Crippen MR) is 76.0 cm³/mol. The van der Waals surface area contributed by atoms with Gasteiger partial charge in [-0.2, -0.15) is 0 Å². The zero-order valence-electron chi connectivity index (χ0n) is 11.6.